The van der Waals surface area contributed by atoms with Crippen LogP contribution in [0.4, 0.5) is 11.4 Å². The maximum Gasteiger partial charge on any atom is 0.204 e. The number of rotatable bonds is 5. The smallest absolute Gasteiger partial charge is 0.204 e. The third-order valence-corrected chi connectivity index (χ3v) is 5.70. The minimum Gasteiger partial charge on any atom is -0.383 e. The van der Waals surface area contributed by atoms with E-state index < -0.39 is 5.79 Å². The predicted molar refractivity (Wildman–Crippen MR) is 115 cm³/mol. The van der Waals surface area contributed by atoms with Gasteiger partial charge in [0.2, 0.25) is 5.79 Å². The summed E-state index contributed by atoms with van der Waals surface area (Å²) in [7, 11) is 4.11. The first-order valence-electron chi connectivity index (χ1n) is 10.4. The molecule has 1 N–H and O–H groups in total. The molecular weight excluding hydrogens is 368 g/mol. The van der Waals surface area contributed by atoms with Crippen LogP contribution in [0, 0.1) is 0 Å². The normalized spacial score (nSPS) is 21.4. The van der Waals surface area contributed by atoms with Gasteiger partial charge in [0.25, 0.3) is 0 Å². The Bertz CT molecular complexity index is 835. The molecule has 0 unspecified atom stereocenters. The molecule has 0 atom stereocenters. The highest BCUT2D eigenvalue weighted by Crippen LogP contribution is 2.34. The SMILES string of the molecule is CN(C)c1ccc2nccc(NCCN3CCC4(CC3)OCC(C)(C)OO4)c2c1. The van der Waals surface area contributed by atoms with Crippen LogP contribution in [0.15, 0.2) is 30.5 Å². The fourth-order valence-electron chi connectivity index (χ4n) is 3.80. The maximum atomic E-state index is 6.02. The van der Waals surface area contributed by atoms with E-state index in [0.717, 1.165) is 55.6 Å². The first kappa shape index (κ1) is 20.3. The van der Waals surface area contributed by atoms with E-state index in [-0.39, 0.29) is 5.60 Å². The summed E-state index contributed by atoms with van der Waals surface area (Å²) in [6.07, 6.45) is 3.52. The average molecular weight is 401 g/mol. The minimum atomic E-state index is -0.566. The highest BCUT2D eigenvalue weighted by Gasteiger charge is 2.44. The highest BCUT2D eigenvalue weighted by atomic mass is 17.2. The predicted octanol–water partition coefficient (Wildman–Crippen LogP) is 3.26. The molecule has 2 aromatic rings. The zero-order valence-electron chi connectivity index (χ0n) is 17.9. The number of piperidine rings is 1. The Morgan fingerprint density at radius 3 is 2.62 bits per heavy atom. The van der Waals surface area contributed by atoms with Crippen LogP contribution >= 0.6 is 0 Å². The van der Waals surface area contributed by atoms with Crippen molar-refractivity contribution >= 4 is 22.3 Å². The Labute approximate surface area is 172 Å². The summed E-state index contributed by atoms with van der Waals surface area (Å²) in [6.45, 7) is 8.25. The Hall–Kier alpha value is -1.93. The fourth-order valence-corrected chi connectivity index (χ4v) is 3.80. The number of nitrogens with one attached hydrogen (secondary N) is 1. The zero-order valence-corrected chi connectivity index (χ0v) is 17.9. The highest BCUT2D eigenvalue weighted by molar-refractivity contribution is 5.93. The summed E-state index contributed by atoms with van der Waals surface area (Å²) in [6, 6.07) is 8.42. The van der Waals surface area contributed by atoms with Gasteiger partial charge in [-0.25, -0.2) is 9.78 Å². The molecule has 0 amide bonds. The number of anilines is 2. The lowest BCUT2D eigenvalue weighted by atomic mass is 10.0. The van der Waals surface area contributed by atoms with Crippen LogP contribution < -0.4 is 10.2 Å². The van der Waals surface area contributed by atoms with E-state index in [2.05, 4.69) is 58.5 Å². The van der Waals surface area contributed by atoms with E-state index >= 15 is 0 Å². The molecule has 158 valence electrons. The molecule has 0 radical (unpaired) electrons. The van der Waals surface area contributed by atoms with Crippen molar-refractivity contribution in [3.63, 3.8) is 0 Å². The Kier molecular flexibility index (Phi) is 5.66. The number of benzene rings is 1. The van der Waals surface area contributed by atoms with Crippen molar-refractivity contribution in [2.24, 2.45) is 0 Å². The van der Waals surface area contributed by atoms with Gasteiger partial charge < -0.3 is 19.9 Å². The molecule has 29 heavy (non-hydrogen) atoms. The summed E-state index contributed by atoms with van der Waals surface area (Å²) in [5.41, 5.74) is 2.94. The van der Waals surface area contributed by atoms with Crippen LogP contribution in [0.25, 0.3) is 10.9 Å². The van der Waals surface area contributed by atoms with Gasteiger partial charge in [-0.3, -0.25) is 4.98 Å². The fraction of sp³-hybridized carbons (Fsp3) is 0.591. The number of hydrogen-bond donors (Lipinski definition) is 1. The summed E-state index contributed by atoms with van der Waals surface area (Å²) < 4.78 is 6.02. The molecule has 0 saturated carbocycles. The van der Waals surface area contributed by atoms with Crippen molar-refractivity contribution in [1.82, 2.24) is 9.88 Å². The molecule has 1 spiro atoms. The monoisotopic (exact) mass is 400 g/mol. The molecule has 2 aliphatic heterocycles. The largest absolute Gasteiger partial charge is 0.383 e. The second kappa shape index (κ2) is 8.07. The minimum absolute atomic E-state index is 0.369. The van der Waals surface area contributed by atoms with E-state index in [1.807, 2.05) is 20.0 Å². The number of ether oxygens (including phenoxy) is 1. The quantitative estimate of drug-likeness (QED) is 0.773. The number of likely N-dealkylation sites (tertiary alicyclic amines) is 1. The van der Waals surface area contributed by atoms with Crippen molar-refractivity contribution < 1.29 is 14.5 Å². The second-order valence-electron chi connectivity index (χ2n) is 8.85. The van der Waals surface area contributed by atoms with E-state index in [1.165, 1.54) is 5.69 Å². The summed E-state index contributed by atoms with van der Waals surface area (Å²) >= 11 is 0. The number of fused-ring (bicyclic) bond motifs is 1. The first-order valence-corrected chi connectivity index (χ1v) is 10.4. The van der Waals surface area contributed by atoms with Gasteiger partial charge in [-0.2, -0.15) is 0 Å². The first-order chi connectivity index (χ1) is 13.9. The Morgan fingerprint density at radius 2 is 1.93 bits per heavy atom. The van der Waals surface area contributed by atoms with Gasteiger partial charge in [-0.15, -0.1) is 0 Å². The van der Waals surface area contributed by atoms with Crippen molar-refractivity contribution in [2.75, 3.05) is 57.1 Å². The van der Waals surface area contributed by atoms with Gasteiger partial charge in [0.1, 0.15) is 5.60 Å². The topological polar surface area (TPSA) is 59.1 Å². The van der Waals surface area contributed by atoms with Crippen LogP contribution in [-0.4, -0.2) is 68.2 Å². The van der Waals surface area contributed by atoms with Gasteiger partial charge in [0.15, 0.2) is 0 Å². The second-order valence-corrected chi connectivity index (χ2v) is 8.85. The summed E-state index contributed by atoms with van der Waals surface area (Å²) in [5.74, 6) is -0.566. The lowest BCUT2D eigenvalue weighted by Crippen LogP contribution is -2.55. The van der Waals surface area contributed by atoms with Gasteiger partial charge in [-0.1, -0.05) is 0 Å². The van der Waals surface area contributed by atoms with E-state index in [0.29, 0.717) is 6.61 Å². The molecule has 0 bridgehead atoms. The van der Waals surface area contributed by atoms with E-state index in [1.54, 1.807) is 0 Å². The van der Waals surface area contributed by atoms with Crippen molar-refractivity contribution in [3.05, 3.63) is 30.5 Å². The zero-order chi connectivity index (χ0) is 20.5. The van der Waals surface area contributed by atoms with Crippen LogP contribution in [0.3, 0.4) is 0 Å². The van der Waals surface area contributed by atoms with Gasteiger partial charge >= 0.3 is 0 Å². The summed E-state index contributed by atoms with van der Waals surface area (Å²) in [5, 5.41) is 4.75. The maximum absolute atomic E-state index is 6.02. The average Bonchev–Trinajstić information content (AvgIpc) is 2.72. The number of aromatic nitrogens is 1. The van der Waals surface area contributed by atoms with Crippen molar-refractivity contribution in [2.45, 2.75) is 38.1 Å². The number of nitrogens with zero attached hydrogens (tertiary/aromatic N) is 3. The molecule has 7 nitrogen and oxygen atoms in total. The standard InChI is InChI=1S/C22H32N4O3/c1-21(2)16-27-22(29-28-21)8-12-26(13-9-22)14-11-24-20-7-10-23-19-6-5-17(25(3)4)15-18(19)20/h5-7,10,15H,8-9,11-14,16H2,1-4H3,(H,23,24). The molecule has 2 aliphatic rings. The molecule has 4 rings (SSSR count). The third-order valence-electron chi connectivity index (χ3n) is 5.70. The summed E-state index contributed by atoms with van der Waals surface area (Å²) in [4.78, 5) is 20.2. The molecule has 7 heteroatoms. The van der Waals surface area contributed by atoms with Gasteiger partial charge in [0.05, 0.1) is 12.1 Å². The number of pyridine rings is 1. The van der Waals surface area contributed by atoms with Crippen LogP contribution in [0.2, 0.25) is 0 Å². The molecule has 2 fully saturated rings. The van der Waals surface area contributed by atoms with E-state index in [9.17, 15) is 0 Å². The van der Waals surface area contributed by atoms with Gasteiger partial charge in [0, 0.05) is 76.1 Å². The lowest BCUT2D eigenvalue weighted by molar-refractivity contribution is -0.511. The van der Waals surface area contributed by atoms with E-state index in [4.69, 9.17) is 14.5 Å². The Balaban J connectivity index is 1.31. The molecule has 1 aromatic carbocycles. The molecule has 0 aliphatic carbocycles. The molecule has 2 saturated heterocycles. The molecule has 3 heterocycles. The molecule has 1 aromatic heterocycles. The lowest BCUT2D eigenvalue weighted by Gasteiger charge is -2.45. The Morgan fingerprint density at radius 1 is 1.14 bits per heavy atom. The third kappa shape index (κ3) is 4.64. The number of hydrogen-bond acceptors (Lipinski definition) is 7. The van der Waals surface area contributed by atoms with Crippen molar-refractivity contribution in [1.29, 1.82) is 0 Å². The van der Waals surface area contributed by atoms with Gasteiger partial charge in [-0.05, 0) is 38.1 Å². The molecular formula is C22H32N4O3. The van der Waals surface area contributed by atoms with Crippen LogP contribution in [0.1, 0.15) is 26.7 Å². The van der Waals surface area contributed by atoms with Crippen molar-refractivity contribution in [3.8, 4) is 0 Å². The van der Waals surface area contributed by atoms with Crippen LogP contribution in [0.5, 0.6) is 0 Å². The van der Waals surface area contributed by atoms with Crippen LogP contribution in [-0.2, 0) is 14.5 Å².